The zero-order valence-corrected chi connectivity index (χ0v) is 6.05. The number of rotatable bonds is 1. The van der Waals surface area contributed by atoms with Crippen LogP contribution < -0.4 is 0 Å². The Morgan fingerprint density at radius 3 is 2.60 bits per heavy atom. The molecule has 1 atom stereocenters. The van der Waals surface area contributed by atoms with Gasteiger partial charge in [-0.15, -0.1) is 0 Å². The topological polar surface area (TPSA) is 38.6 Å². The molecule has 1 aliphatic heterocycles. The highest BCUT2D eigenvalue weighted by Crippen LogP contribution is 2.33. The van der Waals surface area contributed by atoms with Crippen molar-refractivity contribution < 1.29 is 9.26 Å². The highest BCUT2D eigenvalue weighted by Gasteiger charge is 2.30. The van der Waals surface area contributed by atoms with Crippen molar-refractivity contribution >= 4 is 0 Å². The molecule has 3 nitrogen and oxygen atoms in total. The normalized spacial score (nSPS) is 23.2. The number of aryl methyl sites for hydroxylation is 2. The maximum absolute atomic E-state index is 5.11. The van der Waals surface area contributed by atoms with Crippen LogP contribution in [-0.4, -0.2) is 11.8 Å². The maximum Gasteiger partial charge on any atom is 0.139 e. The first-order chi connectivity index (χ1) is 4.79. The predicted octanol–water partition coefficient (Wildman–Crippen LogP) is 1.36. The second-order valence-corrected chi connectivity index (χ2v) is 2.56. The van der Waals surface area contributed by atoms with Crippen LogP contribution in [0.3, 0.4) is 0 Å². The average molecular weight is 139 g/mol. The van der Waals surface area contributed by atoms with Crippen LogP contribution in [0, 0.1) is 13.8 Å². The van der Waals surface area contributed by atoms with Gasteiger partial charge in [-0.25, -0.2) is 0 Å². The van der Waals surface area contributed by atoms with E-state index in [1.54, 1.807) is 0 Å². The first kappa shape index (κ1) is 5.92. The summed E-state index contributed by atoms with van der Waals surface area (Å²) in [5.74, 6) is 0.889. The van der Waals surface area contributed by atoms with Crippen molar-refractivity contribution in [1.82, 2.24) is 5.16 Å². The third-order valence-corrected chi connectivity index (χ3v) is 1.74. The van der Waals surface area contributed by atoms with Crippen molar-refractivity contribution in [1.29, 1.82) is 0 Å². The summed E-state index contributed by atoms with van der Waals surface area (Å²) >= 11 is 0. The van der Waals surface area contributed by atoms with Crippen LogP contribution in [-0.2, 0) is 4.74 Å². The van der Waals surface area contributed by atoms with Crippen molar-refractivity contribution in [3.05, 3.63) is 17.0 Å². The molecule has 2 rings (SSSR count). The van der Waals surface area contributed by atoms with E-state index in [0.29, 0.717) is 0 Å². The molecule has 0 bridgehead atoms. The fourth-order valence-corrected chi connectivity index (χ4v) is 1.16. The predicted molar refractivity (Wildman–Crippen MR) is 34.7 cm³/mol. The monoisotopic (exact) mass is 139 g/mol. The second-order valence-electron chi connectivity index (χ2n) is 2.56. The minimum Gasteiger partial charge on any atom is -0.368 e. The first-order valence-electron chi connectivity index (χ1n) is 3.33. The number of epoxide rings is 1. The molecule has 0 radical (unpaired) electrons. The molecule has 1 aromatic rings. The number of aromatic nitrogens is 1. The molecular weight excluding hydrogens is 130 g/mol. The minimum atomic E-state index is 0.270. The van der Waals surface area contributed by atoms with Gasteiger partial charge in [0.05, 0.1) is 12.3 Å². The number of hydrogen-bond donors (Lipinski definition) is 0. The lowest BCUT2D eigenvalue weighted by Crippen LogP contribution is -1.83. The van der Waals surface area contributed by atoms with E-state index in [1.807, 2.05) is 13.8 Å². The van der Waals surface area contributed by atoms with E-state index >= 15 is 0 Å². The Morgan fingerprint density at radius 2 is 2.20 bits per heavy atom. The maximum atomic E-state index is 5.11. The molecule has 0 saturated carbocycles. The van der Waals surface area contributed by atoms with Gasteiger partial charge in [0.2, 0.25) is 0 Å². The van der Waals surface area contributed by atoms with Gasteiger partial charge in [-0.3, -0.25) is 0 Å². The summed E-state index contributed by atoms with van der Waals surface area (Å²) in [4.78, 5) is 0. The van der Waals surface area contributed by atoms with E-state index in [2.05, 4.69) is 5.16 Å². The van der Waals surface area contributed by atoms with Gasteiger partial charge in [-0.05, 0) is 13.8 Å². The summed E-state index contributed by atoms with van der Waals surface area (Å²) in [6, 6.07) is 0. The lowest BCUT2D eigenvalue weighted by atomic mass is 10.1. The molecule has 3 heteroatoms. The molecule has 0 spiro atoms. The molecule has 0 unspecified atom stereocenters. The highest BCUT2D eigenvalue weighted by molar-refractivity contribution is 5.26. The van der Waals surface area contributed by atoms with Gasteiger partial charge < -0.3 is 9.26 Å². The summed E-state index contributed by atoms with van der Waals surface area (Å²) < 4.78 is 10.1. The van der Waals surface area contributed by atoms with Crippen LogP contribution in [0.2, 0.25) is 0 Å². The molecular formula is C7H9NO2. The van der Waals surface area contributed by atoms with E-state index in [4.69, 9.17) is 9.26 Å². The van der Waals surface area contributed by atoms with Crippen LogP contribution >= 0.6 is 0 Å². The fourth-order valence-electron chi connectivity index (χ4n) is 1.16. The molecule has 54 valence electrons. The molecule has 1 aliphatic rings. The highest BCUT2D eigenvalue weighted by atomic mass is 16.6. The lowest BCUT2D eigenvalue weighted by Gasteiger charge is -1.88. The molecule has 1 aromatic heterocycles. The third kappa shape index (κ3) is 0.743. The van der Waals surface area contributed by atoms with Crippen LogP contribution in [0.25, 0.3) is 0 Å². The van der Waals surface area contributed by atoms with E-state index in [9.17, 15) is 0 Å². The van der Waals surface area contributed by atoms with Crippen molar-refractivity contribution in [2.45, 2.75) is 20.0 Å². The van der Waals surface area contributed by atoms with Crippen LogP contribution in [0.1, 0.15) is 23.1 Å². The summed E-state index contributed by atoms with van der Waals surface area (Å²) in [6.07, 6.45) is 0.270. The van der Waals surface area contributed by atoms with Gasteiger partial charge in [0.1, 0.15) is 11.9 Å². The van der Waals surface area contributed by atoms with Crippen LogP contribution in [0.15, 0.2) is 4.52 Å². The summed E-state index contributed by atoms with van der Waals surface area (Å²) in [6.45, 7) is 4.67. The molecule has 0 aliphatic carbocycles. The smallest absolute Gasteiger partial charge is 0.139 e. The van der Waals surface area contributed by atoms with E-state index in [0.717, 1.165) is 23.6 Å². The summed E-state index contributed by atoms with van der Waals surface area (Å²) in [5.41, 5.74) is 2.10. The lowest BCUT2D eigenvalue weighted by molar-refractivity contribution is 0.385. The zero-order chi connectivity index (χ0) is 7.14. The van der Waals surface area contributed by atoms with Crippen molar-refractivity contribution in [3.8, 4) is 0 Å². The Bertz CT molecular complexity index is 231. The van der Waals surface area contributed by atoms with Crippen molar-refractivity contribution in [2.24, 2.45) is 0 Å². The van der Waals surface area contributed by atoms with Crippen molar-refractivity contribution in [2.75, 3.05) is 6.61 Å². The quantitative estimate of drug-likeness (QED) is 0.551. The fraction of sp³-hybridized carbons (Fsp3) is 0.571. The van der Waals surface area contributed by atoms with E-state index in [-0.39, 0.29) is 6.10 Å². The van der Waals surface area contributed by atoms with E-state index in [1.165, 1.54) is 0 Å². The standard InChI is InChI=1S/C7H9NO2/c1-4-7(6-3-9-6)5(2)10-8-4/h6H,3H2,1-2H3/t6-/m0/s1. The Morgan fingerprint density at radius 1 is 1.50 bits per heavy atom. The average Bonchev–Trinajstić information content (AvgIpc) is 2.64. The summed E-state index contributed by atoms with van der Waals surface area (Å²) in [7, 11) is 0. The number of hydrogen-bond acceptors (Lipinski definition) is 3. The SMILES string of the molecule is Cc1noc(C)c1[C@@H]1CO1. The molecule has 0 N–H and O–H groups in total. The molecule has 0 amide bonds. The van der Waals surface area contributed by atoms with Crippen molar-refractivity contribution in [3.63, 3.8) is 0 Å². The molecule has 10 heavy (non-hydrogen) atoms. The van der Waals surface area contributed by atoms with Gasteiger partial charge in [0, 0.05) is 5.56 Å². The van der Waals surface area contributed by atoms with E-state index < -0.39 is 0 Å². The van der Waals surface area contributed by atoms with Gasteiger partial charge in [-0.1, -0.05) is 5.16 Å². The van der Waals surface area contributed by atoms with Gasteiger partial charge in [0.25, 0.3) is 0 Å². The van der Waals surface area contributed by atoms with Gasteiger partial charge in [-0.2, -0.15) is 0 Å². The Balaban J connectivity index is 2.44. The Kier molecular flexibility index (Phi) is 1.08. The minimum absolute atomic E-state index is 0.270. The largest absolute Gasteiger partial charge is 0.368 e. The number of ether oxygens (including phenoxy) is 1. The molecule has 2 heterocycles. The summed E-state index contributed by atoms with van der Waals surface area (Å²) in [5, 5.41) is 3.82. The van der Waals surface area contributed by atoms with Crippen LogP contribution in [0.4, 0.5) is 0 Å². The molecule has 0 aromatic carbocycles. The first-order valence-corrected chi connectivity index (χ1v) is 3.33. The zero-order valence-electron chi connectivity index (χ0n) is 6.05. The number of nitrogens with zero attached hydrogens (tertiary/aromatic N) is 1. The van der Waals surface area contributed by atoms with Gasteiger partial charge >= 0.3 is 0 Å². The Labute approximate surface area is 59.0 Å². The molecule has 1 fully saturated rings. The second kappa shape index (κ2) is 1.83. The van der Waals surface area contributed by atoms with Gasteiger partial charge in [0.15, 0.2) is 0 Å². The Hall–Kier alpha value is -0.830. The third-order valence-electron chi connectivity index (χ3n) is 1.74. The van der Waals surface area contributed by atoms with Crippen LogP contribution in [0.5, 0.6) is 0 Å². The molecule has 1 saturated heterocycles.